The van der Waals surface area contributed by atoms with E-state index in [1.165, 1.54) is 12.0 Å². The number of rotatable bonds is 9. The molecule has 0 aromatic heterocycles. The van der Waals surface area contributed by atoms with E-state index in [9.17, 15) is 9.59 Å². The highest BCUT2D eigenvalue weighted by atomic mass is 79.9. The van der Waals surface area contributed by atoms with Gasteiger partial charge in [0.15, 0.2) is 0 Å². The molecule has 5 heteroatoms. The minimum absolute atomic E-state index is 0.0128. The number of halogens is 1. The molecule has 0 aliphatic heterocycles. The lowest BCUT2D eigenvalue weighted by molar-refractivity contribution is -0.141. The first-order valence-corrected chi connectivity index (χ1v) is 12.7. The lowest BCUT2D eigenvalue weighted by atomic mass is 9.95. The summed E-state index contributed by atoms with van der Waals surface area (Å²) < 4.78 is 0.998. The molecular formula is C27H35BrN2O2. The third-order valence-corrected chi connectivity index (χ3v) is 6.97. The number of benzene rings is 2. The second-order valence-electron chi connectivity index (χ2n) is 8.84. The van der Waals surface area contributed by atoms with Gasteiger partial charge in [-0.2, -0.15) is 0 Å². The van der Waals surface area contributed by atoms with Crippen molar-refractivity contribution < 1.29 is 9.59 Å². The van der Waals surface area contributed by atoms with Gasteiger partial charge in [-0.3, -0.25) is 9.59 Å². The number of hydrogen-bond acceptors (Lipinski definition) is 2. The van der Waals surface area contributed by atoms with Crippen LogP contribution in [-0.2, 0) is 29.0 Å². The molecule has 0 bridgehead atoms. The highest BCUT2D eigenvalue weighted by Gasteiger charge is 2.27. The molecule has 0 unspecified atom stereocenters. The average molecular weight is 499 g/mol. The Morgan fingerprint density at radius 3 is 2.19 bits per heavy atom. The average Bonchev–Trinajstić information content (AvgIpc) is 2.82. The molecule has 2 aromatic carbocycles. The van der Waals surface area contributed by atoms with Crippen LogP contribution in [0.1, 0.15) is 69.1 Å². The summed E-state index contributed by atoms with van der Waals surface area (Å²) >= 11 is 3.46. The van der Waals surface area contributed by atoms with E-state index in [1.807, 2.05) is 31.2 Å². The van der Waals surface area contributed by atoms with Crippen LogP contribution in [0.15, 0.2) is 53.0 Å². The van der Waals surface area contributed by atoms with Gasteiger partial charge in [-0.05, 0) is 61.4 Å². The number of nitrogens with one attached hydrogen (secondary N) is 1. The van der Waals surface area contributed by atoms with Crippen molar-refractivity contribution in [3.8, 4) is 0 Å². The highest BCUT2D eigenvalue weighted by Crippen LogP contribution is 2.19. The van der Waals surface area contributed by atoms with E-state index in [1.54, 1.807) is 4.90 Å². The number of hydrogen-bond donors (Lipinski definition) is 1. The Balaban J connectivity index is 1.68. The van der Waals surface area contributed by atoms with Crippen molar-refractivity contribution in [1.29, 1.82) is 0 Å². The molecule has 3 rings (SSSR count). The standard InChI is InChI=1S/C27H35BrN2O2/c1-3-21-9-11-22(12-10-21)15-18-26(31)30(19-23-13-16-24(28)17-14-23)20(2)27(32)29-25-7-5-4-6-8-25/h9-14,16-17,20,25H,3-8,15,18-19H2,1-2H3,(H,29,32)/t20-/m0/s1. The predicted molar refractivity (Wildman–Crippen MR) is 133 cm³/mol. The second kappa shape index (κ2) is 12.2. The molecule has 1 aliphatic carbocycles. The summed E-state index contributed by atoms with van der Waals surface area (Å²) in [7, 11) is 0. The maximum Gasteiger partial charge on any atom is 0.242 e. The van der Waals surface area contributed by atoms with Gasteiger partial charge in [0.25, 0.3) is 0 Å². The van der Waals surface area contributed by atoms with Crippen molar-refractivity contribution in [3.05, 3.63) is 69.7 Å². The first-order valence-electron chi connectivity index (χ1n) is 11.9. The smallest absolute Gasteiger partial charge is 0.242 e. The zero-order valence-electron chi connectivity index (χ0n) is 19.3. The Morgan fingerprint density at radius 1 is 0.969 bits per heavy atom. The normalized spacial score (nSPS) is 15.2. The topological polar surface area (TPSA) is 49.4 Å². The fourth-order valence-corrected chi connectivity index (χ4v) is 4.54. The first kappa shape index (κ1) is 24.5. The molecule has 0 heterocycles. The number of aryl methyl sites for hydroxylation is 2. The third kappa shape index (κ3) is 7.19. The van der Waals surface area contributed by atoms with E-state index in [2.05, 4.69) is 52.4 Å². The summed E-state index contributed by atoms with van der Waals surface area (Å²) in [6.45, 7) is 4.42. The van der Waals surface area contributed by atoms with E-state index >= 15 is 0 Å². The molecule has 2 amide bonds. The largest absolute Gasteiger partial charge is 0.352 e. The molecule has 1 N–H and O–H groups in total. The molecule has 32 heavy (non-hydrogen) atoms. The molecule has 172 valence electrons. The molecule has 0 radical (unpaired) electrons. The Bertz CT molecular complexity index is 874. The van der Waals surface area contributed by atoms with Gasteiger partial charge in [-0.15, -0.1) is 0 Å². The zero-order chi connectivity index (χ0) is 22.9. The van der Waals surface area contributed by atoms with Crippen molar-refractivity contribution in [2.45, 2.75) is 83.8 Å². The summed E-state index contributed by atoms with van der Waals surface area (Å²) in [5, 5.41) is 3.19. The fraction of sp³-hybridized carbons (Fsp3) is 0.481. The fourth-order valence-electron chi connectivity index (χ4n) is 4.27. The Kier molecular flexibility index (Phi) is 9.34. The monoisotopic (exact) mass is 498 g/mol. The lowest BCUT2D eigenvalue weighted by Crippen LogP contribution is -2.50. The molecule has 1 fully saturated rings. The molecule has 1 aliphatic rings. The molecule has 0 spiro atoms. The van der Waals surface area contributed by atoms with Crippen LogP contribution >= 0.6 is 15.9 Å². The predicted octanol–water partition coefficient (Wildman–Crippen LogP) is 5.81. The summed E-state index contributed by atoms with van der Waals surface area (Å²) in [4.78, 5) is 28.1. The van der Waals surface area contributed by atoms with Gasteiger partial charge in [0.05, 0.1) is 0 Å². The van der Waals surface area contributed by atoms with E-state index in [-0.39, 0.29) is 17.9 Å². The quantitative estimate of drug-likeness (QED) is 0.474. The highest BCUT2D eigenvalue weighted by molar-refractivity contribution is 9.10. The van der Waals surface area contributed by atoms with Gasteiger partial charge in [0.1, 0.15) is 6.04 Å². The minimum Gasteiger partial charge on any atom is -0.352 e. The van der Waals surface area contributed by atoms with E-state index in [0.29, 0.717) is 19.4 Å². The van der Waals surface area contributed by atoms with Crippen molar-refractivity contribution in [1.82, 2.24) is 10.2 Å². The van der Waals surface area contributed by atoms with E-state index < -0.39 is 6.04 Å². The number of nitrogens with zero attached hydrogens (tertiary/aromatic N) is 1. The van der Waals surface area contributed by atoms with Gasteiger partial charge in [-0.1, -0.05) is 78.5 Å². The van der Waals surface area contributed by atoms with Crippen LogP contribution in [0.5, 0.6) is 0 Å². The summed E-state index contributed by atoms with van der Waals surface area (Å²) in [6.07, 6.45) is 7.72. The lowest BCUT2D eigenvalue weighted by Gasteiger charge is -2.31. The van der Waals surface area contributed by atoms with Crippen LogP contribution in [0.3, 0.4) is 0 Å². The van der Waals surface area contributed by atoms with Crippen LogP contribution in [0.4, 0.5) is 0 Å². The summed E-state index contributed by atoms with van der Waals surface area (Å²) in [5.74, 6) is -0.0339. The molecular weight excluding hydrogens is 464 g/mol. The Hall–Kier alpha value is -2.14. The molecule has 0 saturated heterocycles. The summed E-state index contributed by atoms with van der Waals surface area (Å²) in [5.41, 5.74) is 3.47. The SMILES string of the molecule is CCc1ccc(CCC(=O)N(Cc2ccc(Br)cc2)[C@@H](C)C(=O)NC2CCCCC2)cc1. The summed E-state index contributed by atoms with van der Waals surface area (Å²) in [6, 6.07) is 16.1. The van der Waals surface area contributed by atoms with Crippen LogP contribution in [0, 0.1) is 0 Å². The third-order valence-electron chi connectivity index (χ3n) is 6.44. The first-order chi connectivity index (χ1) is 15.5. The Labute approximate surface area is 200 Å². The van der Waals surface area contributed by atoms with Crippen molar-refractivity contribution in [2.24, 2.45) is 0 Å². The van der Waals surface area contributed by atoms with Crippen LogP contribution < -0.4 is 5.32 Å². The van der Waals surface area contributed by atoms with E-state index in [4.69, 9.17) is 0 Å². The van der Waals surface area contributed by atoms with Crippen molar-refractivity contribution in [2.75, 3.05) is 0 Å². The van der Waals surface area contributed by atoms with Crippen molar-refractivity contribution in [3.63, 3.8) is 0 Å². The number of amides is 2. The van der Waals surface area contributed by atoms with Gasteiger partial charge in [0.2, 0.25) is 11.8 Å². The van der Waals surface area contributed by atoms with Gasteiger partial charge in [0, 0.05) is 23.5 Å². The molecule has 1 atom stereocenters. The van der Waals surface area contributed by atoms with Crippen LogP contribution in [-0.4, -0.2) is 28.8 Å². The van der Waals surface area contributed by atoms with E-state index in [0.717, 1.165) is 47.7 Å². The number of carbonyl (C=O) groups is 2. The Morgan fingerprint density at radius 2 is 1.56 bits per heavy atom. The van der Waals surface area contributed by atoms with Crippen LogP contribution in [0.2, 0.25) is 0 Å². The number of carbonyl (C=O) groups excluding carboxylic acids is 2. The molecule has 4 nitrogen and oxygen atoms in total. The maximum atomic E-state index is 13.3. The molecule has 2 aromatic rings. The molecule has 1 saturated carbocycles. The minimum atomic E-state index is -0.504. The van der Waals surface area contributed by atoms with Crippen LogP contribution in [0.25, 0.3) is 0 Å². The van der Waals surface area contributed by atoms with Gasteiger partial charge >= 0.3 is 0 Å². The second-order valence-corrected chi connectivity index (χ2v) is 9.75. The van der Waals surface area contributed by atoms with Crippen molar-refractivity contribution >= 4 is 27.7 Å². The van der Waals surface area contributed by atoms with Gasteiger partial charge < -0.3 is 10.2 Å². The zero-order valence-corrected chi connectivity index (χ0v) is 20.9. The maximum absolute atomic E-state index is 13.3. The van der Waals surface area contributed by atoms with Gasteiger partial charge in [-0.25, -0.2) is 0 Å².